The predicted molar refractivity (Wildman–Crippen MR) is 128 cm³/mol. The van der Waals surface area contributed by atoms with E-state index < -0.39 is 4.92 Å². The number of nitro groups is 1. The monoisotopic (exact) mass is 471 g/mol. The largest absolute Gasteiger partial charge is 0.506 e. The number of carbonyl (C=O) groups is 2. The molecule has 2 aromatic carbocycles. The summed E-state index contributed by atoms with van der Waals surface area (Å²) in [4.78, 5) is 37.0. The lowest BCUT2D eigenvalue weighted by Gasteiger charge is -2.14. The highest BCUT2D eigenvalue weighted by atomic mass is 32.2. The quantitative estimate of drug-likeness (QED) is 0.192. The minimum absolute atomic E-state index is 0.0863. The van der Waals surface area contributed by atoms with Crippen LogP contribution in [0, 0.1) is 10.1 Å². The van der Waals surface area contributed by atoms with Gasteiger partial charge in [0.25, 0.3) is 11.6 Å². The number of phenolic OH excluding ortho intramolecular Hbond substituents is 1. The first-order valence-electron chi connectivity index (χ1n) is 9.90. The average molecular weight is 472 g/mol. The number of thiocarbonyl (C=S) groups is 1. The van der Waals surface area contributed by atoms with Crippen molar-refractivity contribution in [1.29, 1.82) is 0 Å². The van der Waals surface area contributed by atoms with Gasteiger partial charge in [-0.1, -0.05) is 55.2 Å². The van der Waals surface area contributed by atoms with Crippen LogP contribution in [0.5, 0.6) is 5.75 Å². The van der Waals surface area contributed by atoms with Gasteiger partial charge in [0.1, 0.15) is 10.1 Å². The van der Waals surface area contributed by atoms with E-state index in [0.29, 0.717) is 15.6 Å². The lowest BCUT2D eigenvalue weighted by molar-refractivity contribution is -0.384. The first-order chi connectivity index (χ1) is 15.3. The maximum absolute atomic E-state index is 12.7. The van der Waals surface area contributed by atoms with Gasteiger partial charge < -0.3 is 10.4 Å². The Hall–Kier alpha value is -3.24. The van der Waals surface area contributed by atoms with Crippen LogP contribution in [0.1, 0.15) is 30.9 Å². The number of benzene rings is 2. The van der Waals surface area contributed by atoms with Crippen LogP contribution in [-0.2, 0) is 16.0 Å². The fourth-order valence-electron chi connectivity index (χ4n) is 3.04. The van der Waals surface area contributed by atoms with Crippen LogP contribution < -0.4 is 5.32 Å². The third-order valence-corrected chi connectivity index (χ3v) is 6.19. The van der Waals surface area contributed by atoms with Gasteiger partial charge in [0.15, 0.2) is 0 Å². The van der Waals surface area contributed by atoms with Crippen molar-refractivity contribution in [2.45, 2.75) is 26.2 Å². The summed E-state index contributed by atoms with van der Waals surface area (Å²) in [5.41, 5.74) is 1.95. The number of aromatic hydroxyl groups is 1. The Balaban J connectivity index is 1.53. The molecule has 1 saturated heterocycles. The van der Waals surface area contributed by atoms with E-state index in [1.54, 1.807) is 0 Å². The van der Waals surface area contributed by atoms with Gasteiger partial charge in [-0.15, -0.1) is 0 Å². The van der Waals surface area contributed by atoms with Crippen molar-refractivity contribution in [3.05, 3.63) is 68.6 Å². The molecule has 1 heterocycles. The Bertz CT molecular complexity index is 1100. The molecular formula is C22H21N3O5S2. The second kappa shape index (κ2) is 10.4. The zero-order valence-corrected chi connectivity index (χ0v) is 18.9. The summed E-state index contributed by atoms with van der Waals surface area (Å²) < 4.78 is 0.444. The number of phenols is 1. The maximum Gasteiger partial charge on any atom is 0.273 e. The molecular weight excluding hydrogens is 450 g/mol. The van der Waals surface area contributed by atoms with Gasteiger partial charge in [-0.25, -0.2) is 0 Å². The van der Waals surface area contributed by atoms with Crippen molar-refractivity contribution in [3.8, 4) is 5.75 Å². The molecule has 0 aromatic heterocycles. The summed E-state index contributed by atoms with van der Waals surface area (Å²) in [7, 11) is 0. The summed E-state index contributed by atoms with van der Waals surface area (Å²) in [5, 5.41) is 23.1. The van der Waals surface area contributed by atoms with Crippen molar-refractivity contribution < 1.29 is 19.6 Å². The van der Waals surface area contributed by atoms with Crippen molar-refractivity contribution in [1.82, 2.24) is 4.90 Å². The minimum atomic E-state index is -0.637. The van der Waals surface area contributed by atoms with Crippen LogP contribution in [0.2, 0.25) is 0 Å². The van der Waals surface area contributed by atoms with E-state index in [2.05, 4.69) is 12.2 Å². The summed E-state index contributed by atoms with van der Waals surface area (Å²) in [5.74, 6) is -0.958. The number of amides is 2. The molecule has 0 saturated carbocycles. The molecule has 3 rings (SSSR count). The summed E-state index contributed by atoms with van der Waals surface area (Å²) in [6, 6.07) is 11.4. The lowest BCUT2D eigenvalue weighted by Crippen LogP contribution is -2.29. The predicted octanol–water partition coefficient (Wildman–Crippen LogP) is 4.48. The molecule has 0 bridgehead atoms. The van der Waals surface area contributed by atoms with Crippen LogP contribution in [0.3, 0.4) is 0 Å². The molecule has 0 radical (unpaired) electrons. The van der Waals surface area contributed by atoms with E-state index in [-0.39, 0.29) is 41.9 Å². The molecule has 2 amide bonds. The van der Waals surface area contributed by atoms with Gasteiger partial charge in [0, 0.05) is 19.0 Å². The molecule has 32 heavy (non-hydrogen) atoms. The molecule has 0 aliphatic carbocycles. The van der Waals surface area contributed by atoms with Crippen molar-refractivity contribution in [2.75, 3.05) is 11.9 Å². The smallest absolute Gasteiger partial charge is 0.273 e. The number of rotatable bonds is 8. The number of aryl methyl sites for hydroxylation is 1. The Morgan fingerprint density at radius 2 is 2.00 bits per heavy atom. The van der Waals surface area contributed by atoms with Crippen molar-refractivity contribution in [3.63, 3.8) is 0 Å². The maximum atomic E-state index is 12.7. The van der Waals surface area contributed by atoms with Gasteiger partial charge in [-0.3, -0.25) is 24.6 Å². The van der Waals surface area contributed by atoms with E-state index in [9.17, 15) is 24.8 Å². The highest BCUT2D eigenvalue weighted by Crippen LogP contribution is 2.33. The summed E-state index contributed by atoms with van der Waals surface area (Å²) in [6.07, 6.45) is 3.21. The van der Waals surface area contributed by atoms with Gasteiger partial charge in [-0.05, 0) is 36.1 Å². The van der Waals surface area contributed by atoms with Gasteiger partial charge in [-0.2, -0.15) is 0 Å². The third-order valence-electron chi connectivity index (χ3n) is 4.81. The Kier molecular flexibility index (Phi) is 7.60. The standard InChI is InChI=1S/C22H21N3O5S2/c1-2-14-5-7-15(8-6-14)12-19-21(28)24(22(31)32-19)11-3-4-20(27)23-17-10-9-16(25(29)30)13-18(17)26/h5-10,12-13,26H,2-4,11H2,1H3,(H,23,27)/b19-12-. The molecule has 8 nitrogen and oxygen atoms in total. The molecule has 10 heteroatoms. The highest BCUT2D eigenvalue weighted by molar-refractivity contribution is 8.26. The number of hydrogen-bond donors (Lipinski definition) is 2. The number of nitrogens with one attached hydrogen (secondary N) is 1. The molecule has 1 aliphatic rings. The highest BCUT2D eigenvalue weighted by Gasteiger charge is 2.31. The van der Waals surface area contributed by atoms with Crippen LogP contribution in [0.4, 0.5) is 11.4 Å². The zero-order valence-electron chi connectivity index (χ0n) is 17.2. The third kappa shape index (κ3) is 5.71. The number of thioether (sulfide) groups is 1. The number of nitro benzene ring substituents is 1. The molecule has 0 atom stereocenters. The van der Waals surface area contributed by atoms with Crippen LogP contribution >= 0.6 is 24.0 Å². The average Bonchev–Trinajstić information content (AvgIpc) is 3.03. The lowest BCUT2D eigenvalue weighted by atomic mass is 10.1. The second-order valence-corrected chi connectivity index (χ2v) is 8.71. The topological polar surface area (TPSA) is 113 Å². The molecule has 2 aromatic rings. The van der Waals surface area contributed by atoms with Crippen LogP contribution in [0.25, 0.3) is 6.08 Å². The molecule has 1 fully saturated rings. The van der Waals surface area contributed by atoms with E-state index >= 15 is 0 Å². The Morgan fingerprint density at radius 1 is 1.28 bits per heavy atom. The van der Waals surface area contributed by atoms with Gasteiger partial charge in [0.05, 0.1) is 21.6 Å². The summed E-state index contributed by atoms with van der Waals surface area (Å²) in [6.45, 7) is 2.37. The van der Waals surface area contributed by atoms with E-state index in [4.69, 9.17) is 12.2 Å². The van der Waals surface area contributed by atoms with Crippen LogP contribution in [-0.4, -0.2) is 37.6 Å². The first-order valence-corrected chi connectivity index (χ1v) is 11.1. The van der Waals surface area contributed by atoms with E-state index in [0.717, 1.165) is 18.1 Å². The SMILES string of the molecule is CCc1ccc(/C=C2\SC(=S)N(CCCC(=O)Nc3ccc([N+](=O)[O-])cc3O)C2=O)cc1. The zero-order chi connectivity index (χ0) is 23.3. The first kappa shape index (κ1) is 23.4. The molecule has 2 N–H and O–H groups in total. The van der Waals surface area contributed by atoms with Crippen molar-refractivity contribution >= 4 is 57.6 Å². The normalized spacial score (nSPS) is 14.8. The van der Waals surface area contributed by atoms with Gasteiger partial charge in [0.2, 0.25) is 5.91 Å². The Morgan fingerprint density at radius 3 is 2.62 bits per heavy atom. The van der Waals surface area contributed by atoms with Crippen molar-refractivity contribution in [2.24, 2.45) is 0 Å². The number of hydrogen-bond acceptors (Lipinski definition) is 7. The fourth-order valence-corrected chi connectivity index (χ4v) is 4.35. The number of anilines is 1. The van der Waals surface area contributed by atoms with Crippen LogP contribution in [0.15, 0.2) is 47.4 Å². The minimum Gasteiger partial charge on any atom is -0.506 e. The second-order valence-electron chi connectivity index (χ2n) is 7.04. The number of nitrogens with zero attached hydrogens (tertiary/aromatic N) is 2. The molecule has 0 spiro atoms. The molecule has 166 valence electrons. The summed E-state index contributed by atoms with van der Waals surface area (Å²) >= 11 is 6.56. The number of carbonyl (C=O) groups excluding carboxylic acids is 2. The van der Waals surface area contributed by atoms with E-state index in [1.807, 2.05) is 30.3 Å². The Labute approximate surface area is 194 Å². The molecule has 0 unspecified atom stereocenters. The fraction of sp³-hybridized carbons (Fsp3) is 0.227. The number of non-ortho nitro benzene ring substituents is 1. The molecule has 1 aliphatic heterocycles. The van der Waals surface area contributed by atoms with E-state index in [1.165, 1.54) is 34.4 Å². The van der Waals surface area contributed by atoms with Gasteiger partial charge >= 0.3 is 0 Å².